The van der Waals surface area contributed by atoms with Crippen LogP contribution < -0.4 is 10.1 Å². The van der Waals surface area contributed by atoms with Crippen LogP contribution in [0.15, 0.2) is 41.0 Å². The summed E-state index contributed by atoms with van der Waals surface area (Å²) in [5.41, 5.74) is 2.85. The Morgan fingerprint density at radius 2 is 2.21 bits per heavy atom. The van der Waals surface area contributed by atoms with Crippen LogP contribution >= 0.6 is 11.6 Å². The molecule has 3 heterocycles. The van der Waals surface area contributed by atoms with Crippen molar-refractivity contribution in [1.82, 2.24) is 9.78 Å². The van der Waals surface area contributed by atoms with Crippen molar-refractivity contribution >= 4 is 17.4 Å². The zero-order valence-electron chi connectivity index (χ0n) is 13.4. The van der Waals surface area contributed by atoms with Gasteiger partial charge in [-0.1, -0.05) is 11.6 Å². The zero-order valence-corrected chi connectivity index (χ0v) is 14.1. The summed E-state index contributed by atoms with van der Waals surface area (Å²) in [6, 6.07) is 9.35. The summed E-state index contributed by atoms with van der Waals surface area (Å²) in [6.45, 7) is 0.916. The molecule has 0 fully saturated rings. The molecule has 0 spiro atoms. The summed E-state index contributed by atoms with van der Waals surface area (Å²) in [4.78, 5) is 0. The molecule has 4 rings (SSSR count). The molecule has 0 atom stereocenters. The third-order valence-corrected chi connectivity index (χ3v) is 4.49. The Hall–Kier alpha value is -2.40. The first kappa shape index (κ1) is 15.1. The molecule has 0 aliphatic carbocycles. The lowest BCUT2D eigenvalue weighted by molar-refractivity contribution is 0.412. The monoisotopic (exact) mass is 343 g/mol. The maximum Gasteiger partial charge on any atom is 0.154 e. The lowest BCUT2D eigenvalue weighted by Crippen LogP contribution is -2.08. The Balaban J connectivity index is 1.95. The van der Waals surface area contributed by atoms with E-state index in [2.05, 4.69) is 5.32 Å². The maximum atomic E-state index is 6.21. The van der Waals surface area contributed by atoms with Gasteiger partial charge in [0.15, 0.2) is 5.76 Å². The van der Waals surface area contributed by atoms with Crippen LogP contribution in [0.4, 0.5) is 5.82 Å². The van der Waals surface area contributed by atoms with Crippen molar-refractivity contribution in [2.75, 3.05) is 19.0 Å². The van der Waals surface area contributed by atoms with Gasteiger partial charge in [-0.25, -0.2) is 4.68 Å². The van der Waals surface area contributed by atoms with Crippen LogP contribution in [-0.2, 0) is 6.42 Å². The van der Waals surface area contributed by atoms with Crippen molar-refractivity contribution in [1.29, 1.82) is 0 Å². The van der Waals surface area contributed by atoms with E-state index in [1.54, 1.807) is 13.4 Å². The number of ether oxygens (including phenoxy) is 1. The second-order valence-electron chi connectivity index (χ2n) is 5.76. The lowest BCUT2D eigenvalue weighted by atomic mass is 10.1. The number of methoxy groups -OCH3 is 1. The number of rotatable bonds is 3. The normalized spacial score (nSPS) is 13.9. The standard InChI is InChI=1S/C18H18ClN3O2/c1-23-15-8-7-12(19)11-14(15)22-18-13(5-2-3-9-20-18)17(21-22)16-6-4-10-24-16/h4,6-8,10-11,20H,2-3,5,9H2,1H3. The molecular formula is C18H18ClN3O2. The van der Waals surface area contributed by atoms with Gasteiger partial charge in [-0.2, -0.15) is 5.10 Å². The summed E-state index contributed by atoms with van der Waals surface area (Å²) in [6.07, 6.45) is 4.87. The molecule has 0 amide bonds. The fourth-order valence-corrected chi connectivity index (χ4v) is 3.28. The van der Waals surface area contributed by atoms with Crippen molar-refractivity contribution in [2.24, 2.45) is 0 Å². The Labute approximate surface area is 145 Å². The molecule has 6 heteroatoms. The van der Waals surface area contributed by atoms with Gasteiger partial charge in [0.1, 0.15) is 22.9 Å². The molecule has 3 aromatic rings. The van der Waals surface area contributed by atoms with E-state index in [-0.39, 0.29) is 0 Å². The third kappa shape index (κ3) is 2.55. The topological polar surface area (TPSA) is 52.2 Å². The van der Waals surface area contributed by atoms with Gasteiger partial charge >= 0.3 is 0 Å². The van der Waals surface area contributed by atoms with Gasteiger partial charge in [-0.05, 0) is 49.6 Å². The predicted octanol–water partition coefficient (Wildman–Crippen LogP) is 4.54. The third-order valence-electron chi connectivity index (χ3n) is 4.25. The number of hydrogen-bond donors (Lipinski definition) is 1. The number of nitrogens with one attached hydrogen (secondary N) is 1. The highest BCUT2D eigenvalue weighted by Crippen LogP contribution is 2.37. The number of benzene rings is 1. The van der Waals surface area contributed by atoms with Gasteiger partial charge in [0.25, 0.3) is 0 Å². The van der Waals surface area contributed by atoms with E-state index in [0.717, 1.165) is 54.5 Å². The van der Waals surface area contributed by atoms with Crippen LogP contribution in [0, 0.1) is 0 Å². The van der Waals surface area contributed by atoms with Gasteiger partial charge in [-0.3, -0.25) is 0 Å². The molecule has 0 saturated heterocycles. The van der Waals surface area contributed by atoms with Crippen LogP contribution in [0.1, 0.15) is 18.4 Å². The smallest absolute Gasteiger partial charge is 0.154 e. The number of hydrogen-bond acceptors (Lipinski definition) is 4. The first-order chi connectivity index (χ1) is 11.8. The number of anilines is 1. The second-order valence-corrected chi connectivity index (χ2v) is 6.20. The molecule has 124 valence electrons. The SMILES string of the molecule is COc1ccc(Cl)cc1-n1nc(-c2ccco2)c2c1NCCCC2. The quantitative estimate of drug-likeness (QED) is 0.758. The summed E-state index contributed by atoms with van der Waals surface area (Å²) in [5.74, 6) is 2.48. The van der Waals surface area contributed by atoms with Crippen LogP contribution in [0.5, 0.6) is 5.75 Å². The Bertz CT molecular complexity index is 856. The molecule has 1 aromatic carbocycles. The molecular weight excluding hydrogens is 326 g/mol. The average molecular weight is 344 g/mol. The van der Waals surface area contributed by atoms with Crippen LogP contribution in [-0.4, -0.2) is 23.4 Å². The van der Waals surface area contributed by atoms with E-state index in [9.17, 15) is 0 Å². The van der Waals surface area contributed by atoms with E-state index in [1.165, 1.54) is 5.56 Å². The largest absolute Gasteiger partial charge is 0.494 e. The number of furan rings is 1. The van der Waals surface area contributed by atoms with Crippen molar-refractivity contribution in [3.05, 3.63) is 47.2 Å². The molecule has 0 saturated carbocycles. The molecule has 1 N–H and O–H groups in total. The maximum absolute atomic E-state index is 6.21. The molecule has 1 aliphatic rings. The fraction of sp³-hybridized carbons (Fsp3) is 0.278. The Morgan fingerprint density at radius 1 is 1.29 bits per heavy atom. The summed E-state index contributed by atoms with van der Waals surface area (Å²) in [7, 11) is 1.65. The van der Waals surface area contributed by atoms with Gasteiger partial charge < -0.3 is 14.5 Å². The highest BCUT2D eigenvalue weighted by molar-refractivity contribution is 6.30. The van der Waals surface area contributed by atoms with E-state index in [0.29, 0.717) is 5.02 Å². The van der Waals surface area contributed by atoms with Gasteiger partial charge in [0.2, 0.25) is 0 Å². The Morgan fingerprint density at radius 3 is 3.00 bits per heavy atom. The number of fused-ring (bicyclic) bond motifs is 1. The molecule has 1 aliphatic heterocycles. The number of halogens is 1. The van der Waals surface area contributed by atoms with Crippen LogP contribution in [0.3, 0.4) is 0 Å². The lowest BCUT2D eigenvalue weighted by Gasteiger charge is -2.13. The summed E-state index contributed by atoms with van der Waals surface area (Å²) in [5, 5.41) is 8.97. The zero-order chi connectivity index (χ0) is 16.5. The average Bonchev–Trinajstić information content (AvgIpc) is 3.17. The molecule has 5 nitrogen and oxygen atoms in total. The second kappa shape index (κ2) is 6.24. The van der Waals surface area contributed by atoms with E-state index in [4.69, 9.17) is 25.9 Å². The Kier molecular flexibility index (Phi) is 3.94. The van der Waals surface area contributed by atoms with Gasteiger partial charge in [0.05, 0.1) is 13.4 Å². The van der Waals surface area contributed by atoms with E-state index < -0.39 is 0 Å². The first-order valence-corrected chi connectivity index (χ1v) is 8.39. The van der Waals surface area contributed by atoms with Gasteiger partial charge in [-0.15, -0.1) is 0 Å². The van der Waals surface area contributed by atoms with E-state index in [1.807, 2.05) is 35.0 Å². The van der Waals surface area contributed by atoms with Crippen LogP contribution in [0.25, 0.3) is 17.1 Å². The number of nitrogens with zero attached hydrogens (tertiary/aromatic N) is 2. The highest BCUT2D eigenvalue weighted by atomic mass is 35.5. The molecule has 24 heavy (non-hydrogen) atoms. The van der Waals surface area contributed by atoms with Crippen molar-refractivity contribution in [3.8, 4) is 22.9 Å². The van der Waals surface area contributed by atoms with Crippen molar-refractivity contribution < 1.29 is 9.15 Å². The number of aromatic nitrogens is 2. The van der Waals surface area contributed by atoms with E-state index >= 15 is 0 Å². The van der Waals surface area contributed by atoms with Crippen LogP contribution in [0.2, 0.25) is 5.02 Å². The van der Waals surface area contributed by atoms with Crippen molar-refractivity contribution in [2.45, 2.75) is 19.3 Å². The first-order valence-electron chi connectivity index (χ1n) is 8.01. The minimum absolute atomic E-state index is 0.642. The summed E-state index contributed by atoms with van der Waals surface area (Å²) >= 11 is 6.21. The molecule has 0 radical (unpaired) electrons. The van der Waals surface area contributed by atoms with Gasteiger partial charge in [0, 0.05) is 17.1 Å². The predicted molar refractivity (Wildman–Crippen MR) is 94.3 cm³/mol. The fourth-order valence-electron chi connectivity index (χ4n) is 3.12. The van der Waals surface area contributed by atoms with Crippen molar-refractivity contribution in [3.63, 3.8) is 0 Å². The molecule has 0 bridgehead atoms. The minimum atomic E-state index is 0.642. The molecule has 0 unspecified atom stereocenters. The molecule has 2 aromatic heterocycles. The minimum Gasteiger partial charge on any atom is -0.494 e. The summed E-state index contributed by atoms with van der Waals surface area (Å²) < 4.78 is 13.0. The highest BCUT2D eigenvalue weighted by Gasteiger charge is 2.24.